The van der Waals surface area contributed by atoms with Crippen LogP contribution in [0, 0.1) is 0 Å². The lowest BCUT2D eigenvalue weighted by atomic mass is 10.3. The maximum absolute atomic E-state index is 10.2. The zero-order valence-electron chi connectivity index (χ0n) is 3.92. The Bertz CT molecular complexity index is 184. The maximum Gasteiger partial charge on any atom is 0.300 e. The van der Waals surface area contributed by atoms with Crippen LogP contribution < -0.4 is 0 Å². The molecule has 8 heavy (non-hydrogen) atoms. The van der Waals surface area contributed by atoms with Gasteiger partial charge in [0.15, 0.2) is 0 Å². The molecule has 0 N–H and O–H groups in total. The standard InChI is InChI=1S/C4H2N2O2/c1-2-3(7)5-6-4(2)8/h1H2. The Morgan fingerprint density at radius 1 is 1.12 bits per heavy atom. The number of hydrogen-bond donors (Lipinski definition) is 0. The third-order valence-electron chi connectivity index (χ3n) is 0.748. The molecule has 0 spiro atoms. The van der Waals surface area contributed by atoms with Gasteiger partial charge in [-0.15, -0.1) is 10.2 Å². The topological polar surface area (TPSA) is 58.9 Å². The van der Waals surface area contributed by atoms with E-state index in [2.05, 4.69) is 16.8 Å². The van der Waals surface area contributed by atoms with Crippen molar-refractivity contribution in [2.24, 2.45) is 10.2 Å². The summed E-state index contributed by atoms with van der Waals surface area (Å²) in [6.07, 6.45) is 0. The van der Waals surface area contributed by atoms with Gasteiger partial charge in [-0.2, -0.15) is 0 Å². The molecule has 0 saturated heterocycles. The third kappa shape index (κ3) is 0.465. The Labute approximate surface area is 44.9 Å². The van der Waals surface area contributed by atoms with Gasteiger partial charge < -0.3 is 0 Å². The summed E-state index contributed by atoms with van der Waals surface area (Å²) in [4.78, 5) is 20.4. The summed E-state index contributed by atoms with van der Waals surface area (Å²) in [5.41, 5.74) is -0.148. The molecule has 0 saturated carbocycles. The predicted molar refractivity (Wildman–Crippen MR) is 24.0 cm³/mol. The lowest BCUT2D eigenvalue weighted by molar-refractivity contribution is -0.117. The van der Waals surface area contributed by atoms with Crippen LogP contribution in [0.4, 0.5) is 0 Å². The molecular weight excluding hydrogens is 108 g/mol. The molecule has 0 aromatic heterocycles. The van der Waals surface area contributed by atoms with Crippen molar-refractivity contribution in [1.82, 2.24) is 0 Å². The van der Waals surface area contributed by atoms with Crippen LogP contribution in [-0.2, 0) is 9.59 Å². The lowest BCUT2D eigenvalue weighted by Crippen LogP contribution is -1.96. The van der Waals surface area contributed by atoms with Crippen molar-refractivity contribution in [3.05, 3.63) is 12.2 Å². The Morgan fingerprint density at radius 3 is 1.62 bits per heavy atom. The molecule has 1 aliphatic rings. The normalized spacial score (nSPS) is 18.2. The molecule has 4 heteroatoms. The van der Waals surface area contributed by atoms with Crippen molar-refractivity contribution in [2.45, 2.75) is 0 Å². The average molecular weight is 110 g/mol. The minimum absolute atomic E-state index is 0.148. The van der Waals surface area contributed by atoms with E-state index in [1.165, 1.54) is 0 Å². The fourth-order valence-corrected chi connectivity index (χ4v) is 0.303. The number of carbonyl (C=O) groups excluding carboxylic acids is 2. The quantitative estimate of drug-likeness (QED) is 0.327. The summed E-state index contributed by atoms with van der Waals surface area (Å²) in [7, 11) is 0. The molecule has 1 rings (SSSR count). The molecule has 0 radical (unpaired) electrons. The van der Waals surface area contributed by atoms with Crippen LogP contribution in [0.15, 0.2) is 22.4 Å². The van der Waals surface area contributed by atoms with Crippen molar-refractivity contribution in [3.63, 3.8) is 0 Å². The predicted octanol–water partition coefficient (Wildman–Crippen LogP) is 0.0616. The van der Waals surface area contributed by atoms with Crippen LogP contribution in [0.2, 0.25) is 0 Å². The minimum Gasteiger partial charge on any atom is -0.265 e. The highest BCUT2D eigenvalue weighted by Gasteiger charge is 2.20. The first-order chi connectivity index (χ1) is 3.72. The highest BCUT2D eigenvalue weighted by atomic mass is 16.2. The first-order valence-electron chi connectivity index (χ1n) is 1.91. The van der Waals surface area contributed by atoms with Crippen LogP contribution in [-0.4, -0.2) is 11.8 Å². The Morgan fingerprint density at radius 2 is 1.50 bits per heavy atom. The summed E-state index contributed by atoms with van der Waals surface area (Å²) < 4.78 is 0. The van der Waals surface area contributed by atoms with Crippen LogP contribution >= 0.6 is 0 Å². The number of nitrogens with zero attached hydrogens (tertiary/aromatic N) is 2. The summed E-state index contributed by atoms with van der Waals surface area (Å²) in [5.74, 6) is -1.26. The number of hydrogen-bond acceptors (Lipinski definition) is 2. The Hall–Kier alpha value is -1.32. The number of amides is 2. The van der Waals surface area contributed by atoms with E-state index in [0.29, 0.717) is 0 Å². The first kappa shape index (κ1) is 4.83. The van der Waals surface area contributed by atoms with Crippen LogP contribution in [0.1, 0.15) is 0 Å². The molecule has 0 aliphatic carbocycles. The molecule has 0 unspecified atom stereocenters. The monoisotopic (exact) mass is 110 g/mol. The van der Waals surface area contributed by atoms with Crippen molar-refractivity contribution in [3.8, 4) is 0 Å². The number of rotatable bonds is 0. The minimum atomic E-state index is -0.630. The molecular formula is C4H2N2O2. The molecule has 0 aromatic rings. The molecule has 0 aromatic carbocycles. The molecule has 1 heterocycles. The lowest BCUT2D eigenvalue weighted by Gasteiger charge is -1.75. The van der Waals surface area contributed by atoms with Gasteiger partial charge in [0.25, 0.3) is 0 Å². The second kappa shape index (κ2) is 1.33. The van der Waals surface area contributed by atoms with Crippen LogP contribution in [0.3, 0.4) is 0 Å². The molecule has 1 aliphatic heterocycles. The van der Waals surface area contributed by atoms with Gasteiger partial charge in [0.05, 0.1) is 0 Å². The van der Waals surface area contributed by atoms with E-state index >= 15 is 0 Å². The van der Waals surface area contributed by atoms with Gasteiger partial charge in [-0.3, -0.25) is 9.59 Å². The zero-order valence-corrected chi connectivity index (χ0v) is 3.92. The van der Waals surface area contributed by atoms with Crippen LogP contribution in [0.5, 0.6) is 0 Å². The van der Waals surface area contributed by atoms with Gasteiger partial charge >= 0.3 is 11.8 Å². The van der Waals surface area contributed by atoms with Crippen molar-refractivity contribution in [1.29, 1.82) is 0 Å². The summed E-state index contributed by atoms with van der Waals surface area (Å²) in [5, 5.41) is 5.87. The summed E-state index contributed by atoms with van der Waals surface area (Å²) >= 11 is 0. The molecule has 40 valence electrons. The van der Waals surface area contributed by atoms with Gasteiger partial charge in [-0.1, -0.05) is 6.58 Å². The van der Waals surface area contributed by atoms with Gasteiger partial charge in [0.1, 0.15) is 5.57 Å². The zero-order chi connectivity index (χ0) is 6.15. The van der Waals surface area contributed by atoms with Crippen molar-refractivity contribution >= 4 is 11.8 Å². The second-order valence-corrected chi connectivity index (χ2v) is 1.29. The summed E-state index contributed by atoms with van der Waals surface area (Å²) in [6, 6.07) is 0. The highest BCUT2D eigenvalue weighted by molar-refractivity contribution is 6.21. The molecule has 4 nitrogen and oxygen atoms in total. The Balaban J connectivity index is 3.02. The average Bonchev–Trinajstić information content (AvgIpc) is 1.98. The second-order valence-electron chi connectivity index (χ2n) is 1.29. The fourth-order valence-electron chi connectivity index (χ4n) is 0.303. The Kier molecular flexibility index (Phi) is 0.802. The largest absolute Gasteiger partial charge is 0.300 e. The van der Waals surface area contributed by atoms with E-state index in [4.69, 9.17) is 0 Å². The number of carbonyl (C=O) groups is 2. The van der Waals surface area contributed by atoms with E-state index in [0.717, 1.165) is 0 Å². The SMILES string of the molecule is C=C1C(=O)N=NC1=O. The van der Waals surface area contributed by atoms with Gasteiger partial charge in [0, 0.05) is 0 Å². The van der Waals surface area contributed by atoms with E-state index in [1.807, 2.05) is 0 Å². The molecule has 0 atom stereocenters. The van der Waals surface area contributed by atoms with E-state index in [9.17, 15) is 9.59 Å². The van der Waals surface area contributed by atoms with Gasteiger partial charge in [-0.25, -0.2) is 0 Å². The third-order valence-corrected chi connectivity index (χ3v) is 0.748. The van der Waals surface area contributed by atoms with E-state index in [1.54, 1.807) is 0 Å². The summed E-state index contributed by atoms with van der Waals surface area (Å²) in [6.45, 7) is 3.13. The maximum atomic E-state index is 10.2. The smallest absolute Gasteiger partial charge is 0.265 e. The first-order valence-corrected chi connectivity index (χ1v) is 1.91. The van der Waals surface area contributed by atoms with Gasteiger partial charge in [-0.05, 0) is 0 Å². The van der Waals surface area contributed by atoms with Crippen LogP contribution in [0.25, 0.3) is 0 Å². The molecule has 0 bridgehead atoms. The van der Waals surface area contributed by atoms with E-state index in [-0.39, 0.29) is 5.57 Å². The van der Waals surface area contributed by atoms with E-state index < -0.39 is 11.8 Å². The fraction of sp³-hybridized carbons (Fsp3) is 0. The molecule has 2 amide bonds. The molecule has 0 fully saturated rings. The van der Waals surface area contributed by atoms with Crippen molar-refractivity contribution in [2.75, 3.05) is 0 Å². The highest BCUT2D eigenvalue weighted by Crippen LogP contribution is 2.05. The van der Waals surface area contributed by atoms with Gasteiger partial charge in [0.2, 0.25) is 0 Å². The number of azo groups is 1. The van der Waals surface area contributed by atoms with Crippen molar-refractivity contribution < 1.29 is 9.59 Å².